The third-order valence-corrected chi connectivity index (χ3v) is 5.14. The SMILES string of the molecule is O=C(N1CCN(c2cnc(Br)cn2)CC1)N1CCOc2cc(Cl)ccc21. The van der Waals surface area contributed by atoms with E-state index in [1.807, 2.05) is 11.0 Å². The van der Waals surface area contributed by atoms with Crippen LogP contribution >= 0.6 is 27.5 Å². The van der Waals surface area contributed by atoms with Gasteiger partial charge in [-0.2, -0.15) is 0 Å². The van der Waals surface area contributed by atoms with Crippen molar-refractivity contribution in [2.75, 3.05) is 49.1 Å². The fourth-order valence-corrected chi connectivity index (χ4v) is 3.53. The zero-order chi connectivity index (χ0) is 18.1. The highest BCUT2D eigenvalue weighted by Gasteiger charge is 2.30. The summed E-state index contributed by atoms with van der Waals surface area (Å²) in [6.45, 7) is 3.72. The highest BCUT2D eigenvalue weighted by Crippen LogP contribution is 2.34. The lowest BCUT2D eigenvalue weighted by Gasteiger charge is -2.39. The van der Waals surface area contributed by atoms with Crippen LogP contribution in [-0.2, 0) is 0 Å². The first kappa shape index (κ1) is 17.4. The monoisotopic (exact) mass is 437 g/mol. The number of aromatic nitrogens is 2. The van der Waals surface area contributed by atoms with Crippen LogP contribution in [-0.4, -0.2) is 60.2 Å². The van der Waals surface area contributed by atoms with Crippen molar-refractivity contribution in [1.29, 1.82) is 0 Å². The molecule has 4 rings (SSSR count). The number of benzene rings is 1. The fraction of sp³-hybridized carbons (Fsp3) is 0.353. The predicted molar refractivity (Wildman–Crippen MR) is 103 cm³/mol. The van der Waals surface area contributed by atoms with E-state index in [0.717, 1.165) is 24.6 Å². The number of urea groups is 1. The molecular weight excluding hydrogens is 422 g/mol. The van der Waals surface area contributed by atoms with Gasteiger partial charge in [-0.05, 0) is 28.1 Å². The quantitative estimate of drug-likeness (QED) is 0.685. The maximum atomic E-state index is 13.0. The maximum Gasteiger partial charge on any atom is 0.324 e. The van der Waals surface area contributed by atoms with Crippen LogP contribution in [0.1, 0.15) is 0 Å². The number of hydrogen-bond acceptors (Lipinski definition) is 5. The van der Waals surface area contributed by atoms with Crippen LogP contribution < -0.4 is 14.5 Å². The van der Waals surface area contributed by atoms with Crippen molar-refractivity contribution in [2.24, 2.45) is 0 Å². The summed E-state index contributed by atoms with van der Waals surface area (Å²) >= 11 is 9.31. The number of rotatable bonds is 1. The topological polar surface area (TPSA) is 61.8 Å². The van der Waals surface area contributed by atoms with Gasteiger partial charge in [0, 0.05) is 37.3 Å². The van der Waals surface area contributed by atoms with E-state index in [-0.39, 0.29) is 6.03 Å². The molecule has 1 saturated heterocycles. The van der Waals surface area contributed by atoms with Gasteiger partial charge in [-0.15, -0.1) is 0 Å². The van der Waals surface area contributed by atoms with E-state index in [0.29, 0.717) is 41.6 Å². The number of carbonyl (C=O) groups is 1. The second kappa shape index (κ2) is 7.28. The van der Waals surface area contributed by atoms with E-state index in [1.165, 1.54) is 0 Å². The smallest absolute Gasteiger partial charge is 0.324 e. The lowest BCUT2D eigenvalue weighted by Crippen LogP contribution is -2.54. The number of anilines is 2. The minimum absolute atomic E-state index is 0.00147. The molecule has 1 aromatic heterocycles. The zero-order valence-corrected chi connectivity index (χ0v) is 16.3. The Labute approximate surface area is 164 Å². The van der Waals surface area contributed by atoms with Gasteiger partial charge in [0.1, 0.15) is 22.8 Å². The molecule has 136 valence electrons. The summed E-state index contributed by atoms with van der Waals surface area (Å²) in [7, 11) is 0. The van der Waals surface area contributed by atoms with Crippen molar-refractivity contribution in [3.05, 3.63) is 40.2 Å². The largest absolute Gasteiger partial charge is 0.489 e. The molecule has 1 fully saturated rings. The summed E-state index contributed by atoms with van der Waals surface area (Å²) in [6.07, 6.45) is 3.42. The summed E-state index contributed by atoms with van der Waals surface area (Å²) in [4.78, 5) is 27.4. The Balaban J connectivity index is 1.44. The number of nitrogens with zero attached hydrogens (tertiary/aromatic N) is 5. The van der Waals surface area contributed by atoms with Crippen LogP contribution in [0.2, 0.25) is 5.02 Å². The van der Waals surface area contributed by atoms with Gasteiger partial charge in [-0.1, -0.05) is 11.6 Å². The molecule has 0 spiro atoms. The molecule has 9 heteroatoms. The zero-order valence-electron chi connectivity index (χ0n) is 13.9. The van der Waals surface area contributed by atoms with Gasteiger partial charge in [-0.3, -0.25) is 4.90 Å². The second-order valence-electron chi connectivity index (χ2n) is 6.07. The number of hydrogen-bond donors (Lipinski definition) is 0. The minimum atomic E-state index is -0.00147. The standard InChI is InChI=1S/C17H17BrClN5O2/c18-15-10-21-16(11-20-15)22-3-5-23(6-4-22)17(25)24-7-8-26-14-9-12(19)1-2-13(14)24/h1-2,9-11H,3-8H2. The molecule has 26 heavy (non-hydrogen) atoms. The molecule has 0 unspecified atom stereocenters. The maximum absolute atomic E-state index is 13.0. The number of halogens is 2. The molecule has 2 amide bonds. The summed E-state index contributed by atoms with van der Waals surface area (Å²) in [5.74, 6) is 1.48. The van der Waals surface area contributed by atoms with Gasteiger partial charge in [0.15, 0.2) is 0 Å². The average molecular weight is 439 g/mol. The van der Waals surface area contributed by atoms with Crippen LogP contribution in [0.4, 0.5) is 16.3 Å². The molecule has 0 radical (unpaired) electrons. The highest BCUT2D eigenvalue weighted by molar-refractivity contribution is 9.10. The summed E-state index contributed by atoms with van der Waals surface area (Å²) in [5.41, 5.74) is 0.770. The van der Waals surface area contributed by atoms with Crippen molar-refractivity contribution in [3.8, 4) is 5.75 Å². The van der Waals surface area contributed by atoms with E-state index in [1.54, 1.807) is 29.4 Å². The molecule has 1 aromatic carbocycles. The van der Waals surface area contributed by atoms with Gasteiger partial charge in [-0.25, -0.2) is 14.8 Å². The molecular formula is C17H17BrClN5O2. The number of fused-ring (bicyclic) bond motifs is 1. The number of piperazine rings is 1. The van der Waals surface area contributed by atoms with Gasteiger partial charge >= 0.3 is 6.03 Å². The molecule has 2 aliphatic heterocycles. The fourth-order valence-electron chi connectivity index (χ4n) is 3.16. The Morgan fingerprint density at radius 2 is 1.92 bits per heavy atom. The first-order valence-electron chi connectivity index (χ1n) is 8.33. The molecule has 0 atom stereocenters. The highest BCUT2D eigenvalue weighted by atomic mass is 79.9. The summed E-state index contributed by atoms with van der Waals surface area (Å²) < 4.78 is 6.34. The number of carbonyl (C=O) groups excluding carboxylic acids is 1. The molecule has 0 N–H and O–H groups in total. The molecule has 0 bridgehead atoms. The Hall–Kier alpha value is -2.06. The Morgan fingerprint density at radius 3 is 2.65 bits per heavy atom. The van der Waals surface area contributed by atoms with Gasteiger partial charge < -0.3 is 14.5 Å². The van der Waals surface area contributed by atoms with Gasteiger partial charge in [0.25, 0.3) is 0 Å². The van der Waals surface area contributed by atoms with Crippen molar-refractivity contribution in [1.82, 2.24) is 14.9 Å². The Bertz CT molecular complexity index is 811. The van der Waals surface area contributed by atoms with E-state index in [4.69, 9.17) is 16.3 Å². The van der Waals surface area contributed by atoms with Crippen molar-refractivity contribution in [3.63, 3.8) is 0 Å². The van der Waals surface area contributed by atoms with Crippen molar-refractivity contribution >= 4 is 45.1 Å². The Morgan fingerprint density at radius 1 is 1.12 bits per heavy atom. The predicted octanol–water partition coefficient (Wildman–Crippen LogP) is 3.03. The summed E-state index contributed by atoms with van der Waals surface area (Å²) in [6, 6.07) is 5.36. The van der Waals surface area contributed by atoms with E-state index < -0.39 is 0 Å². The number of amides is 2. The lowest BCUT2D eigenvalue weighted by atomic mass is 10.2. The van der Waals surface area contributed by atoms with Crippen LogP contribution in [0, 0.1) is 0 Å². The first-order valence-corrected chi connectivity index (χ1v) is 9.50. The molecule has 2 aromatic rings. The van der Waals surface area contributed by atoms with Crippen LogP contribution in [0.15, 0.2) is 35.2 Å². The van der Waals surface area contributed by atoms with Crippen LogP contribution in [0.3, 0.4) is 0 Å². The molecule has 0 saturated carbocycles. The van der Waals surface area contributed by atoms with E-state index in [2.05, 4.69) is 30.8 Å². The van der Waals surface area contributed by atoms with Crippen LogP contribution in [0.5, 0.6) is 5.75 Å². The van der Waals surface area contributed by atoms with Gasteiger partial charge in [0.05, 0.1) is 24.6 Å². The van der Waals surface area contributed by atoms with E-state index in [9.17, 15) is 4.79 Å². The third kappa shape index (κ3) is 3.43. The Kier molecular flexibility index (Phi) is 4.86. The average Bonchev–Trinajstić information content (AvgIpc) is 2.67. The molecule has 0 aliphatic carbocycles. The number of ether oxygens (including phenoxy) is 1. The first-order chi connectivity index (χ1) is 12.6. The van der Waals surface area contributed by atoms with E-state index >= 15 is 0 Å². The second-order valence-corrected chi connectivity index (χ2v) is 7.32. The third-order valence-electron chi connectivity index (χ3n) is 4.50. The van der Waals surface area contributed by atoms with Crippen molar-refractivity contribution in [2.45, 2.75) is 0 Å². The van der Waals surface area contributed by atoms with Gasteiger partial charge in [0.2, 0.25) is 0 Å². The molecule has 3 heterocycles. The lowest BCUT2D eigenvalue weighted by molar-refractivity contribution is 0.196. The normalized spacial score (nSPS) is 16.9. The van der Waals surface area contributed by atoms with Crippen LogP contribution in [0.25, 0.3) is 0 Å². The summed E-state index contributed by atoms with van der Waals surface area (Å²) in [5, 5.41) is 0.599. The molecule has 2 aliphatic rings. The molecule has 7 nitrogen and oxygen atoms in total. The van der Waals surface area contributed by atoms with Crippen molar-refractivity contribution < 1.29 is 9.53 Å². The minimum Gasteiger partial charge on any atom is -0.489 e.